The molecule has 0 aliphatic heterocycles. The molecular weight excluding hydrogens is 352 g/mol. The number of nitro groups is 1. The van der Waals surface area contributed by atoms with E-state index in [9.17, 15) is 14.9 Å². The fraction of sp³-hybridized carbons (Fsp3) is 0.444. The van der Waals surface area contributed by atoms with E-state index < -0.39 is 4.92 Å². The van der Waals surface area contributed by atoms with Crippen molar-refractivity contribution in [3.05, 3.63) is 45.3 Å². The Hall–Kier alpha value is -2.35. The molecule has 0 unspecified atom stereocenters. The SMILES string of the molecule is Cc1ccc([N+](=O)[O-])cc1NC(=O)CSc1nc(C)c(C)n1CC(C)C. The number of hydrogen-bond donors (Lipinski definition) is 1. The molecule has 140 valence electrons. The molecule has 1 heterocycles. The van der Waals surface area contributed by atoms with Gasteiger partial charge in [-0.1, -0.05) is 31.7 Å². The Kier molecular flexibility index (Phi) is 6.42. The van der Waals surface area contributed by atoms with E-state index in [4.69, 9.17) is 0 Å². The van der Waals surface area contributed by atoms with Crippen LogP contribution in [0, 0.1) is 36.8 Å². The summed E-state index contributed by atoms with van der Waals surface area (Å²) in [5.74, 6) is 0.451. The van der Waals surface area contributed by atoms with Gasteiger partial charge in [-0.3, -0.25) is 14.9 Å². The molecule has 0 fully saturated rings. The van der Waals surface area contributed by atoms with Crippen LogP contribution in [-0.4, -0.2) is 26.1 Å². The number of nitrogens with one attached hydrogen (secondary N) is 1. The van der Waals surface area contributed by atoms with Gasteiger partial charge in [-0.15, -0.1) is 0 Å². The molecule has 1 aromatic carbocycles. The summed E-state index contributed by atoms with van der Waals surface area (Å²) in [5, 5.41) is 14.5. The molecule has 2 rings (SSSR count). The first-order valence-corrected chi connectivity index (χ1v) is 9.39. The zero-order chi connectivity index (χ0) is 19.4. The predicted molar refractivity (Wildman–Crippen MR) is 104 cm³/mol. The standard InChI is InChI=1S/C18H24N4O3S/c1-11(2)9-21-14(5)13(4)19-18(21)26-10-17(23)20-16-8-15(22(24)25)7-6-12(16)3/h6-8,11H,9-10H2,1-5H3,(H,20,23). The largest absolute Gasteiger partial charge is 0.325 e. The van der Waals surface area contributed by atoms with Crippen LogP contribution in [0.15, 0.2) is 23.4 Å². The zero-order valence-corrected chi connectivity index (χ0v) is 16.5. The Labute approximate surface area is 157 Å². The average Bonchev–Trinajstić information content (AvgIpc) is 2.82. The van der Waals surface area contributed by atoms with Crippen LogP contribution in [0.4, 0.5) is 11.4 Å². The van der Waals surface area contributed by atoms with Gasteiger partial charge in [-0.2, -0.15) is 0 Å². The fourth-order valence-corrected chi connectivity index (χ4v) is 3.39. The van der Waals surface area contributed by atoms with E-state index in [1.807, 2.05) is 13.8 Å². The molecule has 1 N–H and O–H groups in total. The third-order valence-electron chi connectivity index (χ3n) is 4.01. The van der Waals surface area contributed by atoms with Crippen LogP contribution in [0.2, 0.25) is 0 Å². The smallest absolute Gasteiger partial charge is 0.271 e. The van der Waals surface area contributed by atoms with Gasteiger partial charge >= 0.3 is 0 Å². The lowest BCUT2D eigenvalue weighted by Gasteiger charge is -2.12. The van der Waals surface area contributed by atoms with E-state index in [2.05, 4.69) is 28.7 Å². The highest BCUT2D eigenvalue weighted by molar-refractivity contribution is 7.99. The van der Waals surface area contributed by atoms with Crippen molar-refractivity contribution in [3.63, 3.8) is 0 Å². The molecule has 1 amide bonds. The molecule has 2 aromatic rings. The van der Waals surface area contributed by atoms with Crippen molar-refractivity contribution in [2.45, 2.75) is 46.3 Å². The van der Waals surface area contributed by atoms with Crippen LogP contribution in [0.1, 0.15) is 30.8 Å². The first-order valence-electron chi connectivity index (χ1n) is 8.40. The summed E-state index contributed by atoms with van der Waals surface area (Å²) in [6.45, 7) is 10.9. The van der Waals surface area contributed by atoms with Crippen LogP contribution >= 0.6 is 11.8 Å². The number of benzene rings is 1. The van der Waals surface area contributed by atoms with E-state index >= 15 is 0 Å². The molecule has 0 aliphatic carbocycles. The monoisotopic (exact) mass is 376 g/mol. The Morgan fingerprint density at radius 3 is 2.65 bits per heavy atom. The maximum absolute atomic E-state index is 12.3. The fourth-order valence-electron chi connectivity index (χ4n) is 2.49. The summed E-state index contributed by atoms with van der Waals surface area (Å²) in [5.41, 5.74) is 3.26. The summed E-state index contributed by atoms with van der Waals surface area (Å²) in [7, 11) is 0. The average molecular weight is 376 g/mol. The lowest BCUT2D eigenvalue weighted by atomic mass is 10.2. The molecule has 8 heteroatoms. The number of carbonyl (C=O) groups is 1. The number of aryl methyl sites for hydroxylation is 2. The third kappa shape index (κ3) is 4.85. The van der Waals surface area contributed by atoms with Crippen molar-refractivity contribution < 1.29 is 9.72 Å². The number of thioether (sulfide) groups is 1. The summed E-state index contributed by atoms with van der Waals surface area (Å²) < 4.78 is 2.14. The number of amides is 1. The second-order valence-electron chi connectivity index (χ2n) is 6.66. The molecule has 7 nitrogen and oxygen atoms in total. The highest BCUT2D eigenvalue weighted by Gasteiger charge is 2.15. The maximum atomic E-state index is 12.3. The number of imidazole rings is 1. The molecule has 0 bridgehead atoms. The lowest BCUT2D eigenvalue weighted by Crippen LogP contribution is -2.16. The van der Waals surface area contributed by atoms with Crippen molar-refractivity contribution in [1.82, 2.24) is 9.55 Å². The first-order chi connectivity index (χ1) is 12.2. The van der Waals surface area contributed by atoms with Crippen LogP contribution in [0.25, 0.3) is 0 Å². The number of carbonyl (C=O) groups excluding carboxylic acids is 1. The number of anilines is 1. The summed E-state index contributed by atoms with van der Waals surface area (Å²) in [6.07, 6.45) is 0. The van der Waals surface area contributed by atoms with E-state index in [0.717, 1.165) is 28.7 Å². The quantitative estimate of drug-likeness (QED) is 0.446. The molecule has 0 spiro atoms. The molecule has 1 aromatic heterocycles. The van der Waals surface area contributed by atoms with Crippen molar-refractivity contribution >= 4 is 29.0 Å². The number of nitrogens with zero attached hydrogens (tertiary/aromatic N) is 3. The van der Waals surface area contributed by atoms with Crippen molar-refractivity contribution in [2.75, 3.05) is 11.1 Å². The van der Waals surface area contributed by atoms with Gasteiger partial charge in [0.1, 0.15) is 0 Å². The molecule has 0 atom stereocenters. The summed E-state index contributed by atoms with van der Waals surface area (Å²) in [4.78, 5) is 27.3. The summed E-state index contributed by atoms with van der Waals surface area (Å²) >= 11 is 1.37. The molecule has 0 radical (unpaired) electrons. The predicted octanol–water partition coefficient (Wildman–Crippen LogP) is 4.10. The number of rotatable bonds is 7. The number of nitro benzene ring substituents is 1. The Morgan fingerprint density at radius 2 is 2.04 bits per heavy atom. The second-order valence-corrected chi connectivity index (χ2v) is 7.61. The van der Waals surface area contributed by atoms with Gasteiger partial charge in [-0.25, -0.2) is 4.98 Å². The molecule has 26 heavy (non-hydrogen) atoms. The van der Waals surface area contributed by atoms with Crippen molar-refractivity contribution in [3.8, 4) is 0 Å². The molecule has 0 saturated heterocycles. The Morgan fingerprint density at radius 1 is 1.35 bits per heavy atom. The minimum Gasteiger partial charge on any atom is -0.325 e. The van der Waals surface area contributed by atoms with Crippen LogP contribution in [-0.2, 0) is 11.3 Å². The molecule has 0 saturated carbocycles. The number of hydrogen-bond acceptors (Lipinski definition) is 5. The van der Waals surface area contributed by atoms with Gasteiger partial charge in [0, 0.05) is 24.4 Å². The maximum Gasteiger partial charge on any atom is 0.271 e. The van der Waals surface area contributed by atoms with Gasteiger partial charge in [-0.05, 0) is 32.3 Å². The lowest BCUT2D eigenvalue weighted by molar-refractivity contribution is -0.384. The molecule has 0 aliphatic rings. The van der Waals surface area contributed by atoms with E-state index in [1.54, 1.807) is 13.0 Å². The van der Waals surface area contributed by atoms with E-state index in [-0.39, 0.29) is 17.3 Å². The second kappa shape index (κ2) is 8.35. The van der Waals surface area contributed by atoms with Gasteiger partial charge in [0.05, 0.1) is 22.1 Å². The van der Waals surface area contributed by atoms with Gasteiger partial charge in [0.25, 0.3) is 5.69 Å². The highest BCUT2D eigenvalue weighted by Crippen LogP contribution is 2.24. The number of non-ortho nitro benzene ring substituents is 1. The normalized spacial score (nSPS) is 11.0. The minimum absolute atomic E-state index is 0.0442. The van der Waals surface area contributed by atoms with Crippen LogP contribution < -0.4 is 5.32 Å². The molecular formula is C18H24N4O3S. The van der Waals surface area contributed by atoms with Gasteiger partial charge in [0.2, 0.25) is 5.91 Å². The van der Waals surface area contributed by atoms with Gasteiger partial charge < -0.3 is 9.88 Å². The van der Waals surface area contributed by atoms with Crippen molar-refractivity contribution in [2.24, 2.45) is 5.92 Å². The van der Waals surface area contributed by atoms with E-state index in [0.29, 0.717) is 11.6 Å². The van der Waals surface area contributed by atoms with Crippen LogP contribution in [0.5, 0.6) is 0 Å². The van der Waals surface area contributed by atoms with Gasteiger partial charge in [0.15, 0.2) is 5.16 Å². The number of aromatic nitrogens is 2. The first kappa shape index (κ1) is 20.0. The van der Waals surface area contributed by atoms with E-state index in [1.165, 1.54) is 23.9 Å². The summed E-state index contributed by atoms with van der Waals surface area (Å²) in [6, 6.07) is 4.43. The third-order valence-corrected chi connectivity index (χ3v) is 4.99. The Balaban J connectivity index is 2.07. The minimum atomic E-state index is -0.474. The van der Waals surface area contributed by atoms with Crippen molar-refractivity contribution in [1.29, 1.82) is 0 Å². The van der Waals surface area contributed by atoms with Crippen LogP contribution in [0.3, 0.4) is 0 Å². The zero-order valence-electron chi connectivity index (χ0n) is 15.7. The highest BCUT2D eigenvalue weighted by atomic mass is 32.2. The Bertz CT molecular complexity index is 830. The topological polar surface area (TPSA) is 90.1 Å².